The Labute approximate surface area is 117 Å². The Hall–Kier alpha value is -1.89. The van der Waals surface area contributed by atoms with Gasteiger partial charge in [0.25, 0.3) is 5.91 Å². The van der Waals surface area contributed by atoms with Crippen LogP contribution in [-0.2, 0) is 9.59 Å². The van der Waals surface area contributed by atoms with E-state index in [0.717, 1.165) is 0 Å². The van der Waals surface area contributed by atoms with E-state index in [0.29, 0.717) is 10.0 Å². The molecule has 0 aromatic heterocycles. The largest absolute Gasteiger partial charge is 0.481 e. The van der Waals surface area contributed by atoms with Crippen molar-refractivity contribution in [2.45, 2.75) is 18.9 Å². The molecule has 0 saturated heterocycles. The van der Waals surface area contributed by atoms with E-state index in [1.165, 1.54) is 6.07 Å². The molecule has 0 heterocycles. The standard InChI is InChI=1S/C12H12BrNO5/c13-8-3-1-2-7(6-8)11(17)14-9(12(18)19)4-5-10(15)16/h1-3,6,9H,4-5H2,(H,14,17)(H,15,16)(H,18,19)/t9-/m0/s1. The van der Waals surface area contributed by atoms with Gasteiger partial charge in [-0.1, -0.05) is 22.0 Å². The minimum atomic E-state index is -1.26. The van der Waals surface area contributed by atoms with E-state index in [1.807, 2.05) is 0 Å². The van der Waals surface area contributed by atoms with Gasteiger partial charge in [-0.05, 0) is 24.6 Å². The third kappa shape index (κ3) is 5.09. The van der Waals surface area contributed by atoms with Crippen LogP contribution in [0.2, 0.25) is 0 Å². The van der Waals surface area contributed by atoms with E-state index in [2.05, 4.69) is 21.2 Å². The van der Waals surface area contributed by atoms with E-state index in [9.17, 15) is 14.4 Å². The SMILES string of the molecule is O=C(O)CC[C@H](NC(=O)c1cccc(Br)c1)C(=O)O. The summed E-state index contributed by atoms with van der Waals surface area (Å²) in [4.78, 5) is 33.2. The Morgan fingerprint density at radius 3 is 2.47 bits per heavy atom. The summed E-state index contributed by atoms with van der Waals surface area (Å²) in [5, 5.41) is 19.7. The van der Waals surface area contributed by atoms with E-state index in [-0.39, 0.29) is 12.8 Å². The number of amides is 1. The Kier molecular flexibility index (Phi) is 5.50. The lowest BCUT2D eigenvalue weighted by molar-refractivity contribution is -0.140. The zero-order chi connectivity index (χ0) is 14.4. The van der Waals surface area contributed by atoms with Crippen molar-refractivity contribution in [2.75, 3.05) is 0 Å². The number of hydrogen-bond donors (Lipinski definition) is 3. The molecule has 0 bridgehead atoms. The molecular weight excluding hydrogens is 318 g/mol. The summed E-state index contributed by atoms with van der Waals surface area (Å²) in [5.41, 5.74) is 0.302. The minimum absolute atomic E-state index is 0.162. The first-order chi connectivity index (χ1) is 8.90. The molecule has 1 amide bonds. The summed E-state index contributed by atoms with van der Waals surface area (Å²) >= 11 is 3.20. The molecule has 3 N–H and O–H groups in total. The molecule has 0 saturated carbocycles. The normalized spacial score (nSPS) is 11.6. The zero-order valence-corrected chi connectivity index (χ0v) is 11.4. The molecule has 1 rings (SSSR count). The second-order valence-electron chi connectivity index (χ2n) is 3.81. The number of halogens is 1. The highest BCUT2D eigenvalue weighted by Gasteiger charge is 2.21. The molecule has 0 aliphatic heterocycles. The predicted octanol–water partition coefficient (Wildman–Crippen LogP) is 1.50. The van der Waals surface area contributed by atoms with Crippen molar-refractivity contribution in [2.24, 2.45) is 0 Å². The van der Waals surface area contributed by atoms with Crippen LogP contribution in [0.5, 0.6) is 0 Å². The van der Waals surface area contributed by atoms with Gasteiger partial charge >= 0.3 is 11.9 Å². The van der Waals surface area contributed by atoms with E-state index < -0.39 is 23.9 Å². The Bertz CT molecular complexity index is 503. The number of carbonyl (C=O) groups is 3. The minimum Gasteiger partial charge on any atom is -0.481 e. The van der Waals surface area contributed by atoms with E-state index >= 15 is 0 Å². The fourth-order valence-corrected chi connectivity index (χ4v) is 1.80. The van der Waals surface area contributed by atoms with Gasteiger partial charge in [0.05, 0.1) is 0 Å². The molecular formula is C12H12BrNO5. The Morgan fingerprint density at radius 1 is 1.26 bits per heavy atom. The fourth-order valence-electron chi connectivity index (χ4n) is 1.40. The lowest BCUT2D eigenvalue weighted by Gasteiger charge is -2.13. The molecule has 0 fully saturated rings. The molecule has 0 unspecified atom stereocenters. The van der Waals surface area contributed by atoms with E-state index in [1.54, 1.807) is 18.2 Å². The fraction of sp³-hybridized carbons (Fsp3) is 0.250. The van der Waals surface area contributed by atoms with Crippen molar-refractivity contribution < 1.29 is 24.6 Å². The van der Waals surface area contributed by atoms with Gasteiger partial charge < -0.3 is 15.5 Å². The Morgan fingerprint density at radius 2 is 1.95 bits per heavy atom. The molecule has 0 aliphatic carbocycles. The summed E-state index contributed by atoms with van der Waals surface area (Å²) in [7, 11) is 0. The van der Waals surface area contributed by atoms with Crippen LogP contribution in [0, 0.1) is 0 Å². The highest BCUT2D eigenvalue weighted by atomic mass is 79.9. The predicted molar refractivity (Wildman–Crippen MR) is 69.9 cm³/mol. The molecule has 0 aliphatic rings. The number of carboxylic acid groups (broad SMARTS) is 2. The maximum absolute atomic E-state index is 11.8. The van der Waals surface area contributed by atoms with Crippen LogP contribution in [0.4, 0.5) is 0 Å². The maximum Gasteiger partial charge on any atom is 0.326 e. The molecule has 19 heavy (non-hydrogen) atoms. The lowest BCUT2D eigenvalue weighted by atomic mass is 10.1. The number of nitrogens with one attached hydrogen (secondary N) is 1. The number of rotatable bonds is 6. The van der Waals surface area contributed by atoms with Gasteiger partial charge in [0, 0.05) is 16.5 Å². The molecule has 1 aromatic rings. The van der Waals surface area contributed by atoms with Gasteiger partial charge in [-0.15, -0.1) is 0 Å². The van der Waals surface area contributed by atoms with Crippen LogP contribution in [0.15, 0.2) is 28.7 Å². The van der Waals surface area contributed by atoms with Crippen molar-refractivity contribution in [3.05, 3.63) is 34.3 Å². The molecule has 6 nitrogen and oxygen atoms in total. The van der Waals surface area contributed by atoms with Crippen LogP contribution in [0.25, 0.3) is 0 Å². The van der Waals surface area contributed by atoms with Crippen molar-refractivity contribution in [1.82, 2.24) is 5.32 Å². The molecule has 1 aromatic carbocycles. The van der Waals surface area contributed by atoms with Gasteiger partial charge in [-0.3, -0.25) is 9.59 Å². The number of hydrogen-bond acceptors (Lipinski definition) is 3. The molecule has 0 spiro atoms. The molecule has 1 atom stereocenters. The van der Waals surface area contributed by atoms with Crippen LogP contribution < -0.4 is 5.32 Å². The maximum atomic E-state index is 11.8. The number of benzene rings is 1. The molecule has 0 radical (unpaired) electrons. The first-order valence-corrected chi connectivity index (χ1v) is 6.20. The average molecular weight is 330 g/mol. The number of aliphatic carboxylic acids is 2. The van der Waals surface area contributed by atoms with Crippen LogP contribution in [0.3, 0.4) is 0 Å². The summed E-state index contributed by atoms with van der Waals surface area (Å²) in [6, 6.07) is 5.24. The smallest absolute Gasteiger partial charge is 0.326 e. The first-order valence-electron chi connectivity index (χ1n) is 5.41. The number of carboxylic acids is 2. The van der Waals surface area contributed by atoms with Crippen molar-refractivity contribution >= 4 is 33.8 Å². The number of carbonyl (C=O) groups excluding carboxylic acids is 1. The second kappa shape index (κ2) is 6.89. The monoisotopic (exact) mass is 329 g/mol. The van der Waals surface area contributed by atoms with Gasteiger partial charge in [0.2, 0.25) is 0 Å². The third-order valence-electron chi connectivity index (χ3n) is 2.34. The summed E-state index contributed by atoms with van der Waals surface area (Å²) in [5.74, 6) is -2.92. The van der Waals surface area contributed by atoms with Gasteiger partial charge in [0.1, 0.15) is 6.04 Å². The second-order valence-corrected chi connectivity index (χ2v) is 4.72. The van der Waals surface area contributed by atoms with Crippen molar-refractivity contribution in [3.8, 4) is 0 Å². The highest BCUT2D eigenvalue weighted by Crippen LogP contribution is 2.12. The van der Waals surface area contributed by atoms with Crippen LogP contribution in [-0.4, -0.2) is 34.1 Å². The van der Waals surface area contributed by atoms with E-state index in [4.69, 9.17) is 10.2 Å². The van der Waals surface area contributed by atoms with Crippen LogP contribution in [0.1, 0.15) is 23.2 Å². The zero-order valence-electron chi connectivity index (χ0n) is 9.80. The average Bonchev–Trinajstić information content (AvgIpc) is 2.33. The summed E-state index contributed by atoms with van der Waals surface area (Å²) in [6.07, 6.45) is -0.486. The molecule has 7 heteroatoms. The topological polar surface area (TPSA) is 104 Å². The first kappa shape index (κ1) is 15.2. The summed E-state index contributed by atoms with van der Waals surface area (Å²) in [6.45, 7) is 0. The Balaban J connectivity index is 2.71. The van der Waals surface area contributed by atoms with Gasteiger partial charge in [0.15, 0.2) is 0 Å². The van der Waals surface area contributed by atoms with Crippen LogP contribution >= 0.6 is 15.9 Å². The van der Waals surface area contributed by atoms with Crippen molar-refractivity contribution in [1.29, 1.82) is 0 Å². The highest BCUT2D eigenvalue weighted by molar-refractivity contribution is 9.10. The lowest BCUT2D eigenvalue weighted by Crippen LogP contribution is -2.41. The quantitative estimate of drug-likeness (QED) is 0.733. The third-order valence-corrected chi connectivity index (χ3v) is 2.83. The van der Waals surface area contributed by atoms with Gasteiger partial charge in [-0.2, -0.15) is 0 Å². The van der Waals surface area contributed by atoms with Crippen molar-refractivity contribution in [3.63, 3.8) is 0 Å². The summed E-state index contributed by atoms with van der Waals surface area (Å²) < 4.78 is 0.692. The molecule has 102 valence electrons. The van der Waals surface area contributed by atoms with Gasteiger partial charge in [-0.25, -0.2) is 4.79 Å².